The number of carbonyl (C=O) groups is 3. The first-order chi connectivity index (χ1) is 12.5. The number of hydrogen-bond donors (Lipinski definition) is 1. The molecule has 0 aliphatic heterocycles. The molecule has 1 amide bonds. The van der Waals surface area contributed by atoms with Crippen molar-refractivity contribution in [2.45, 2.75) is 27.2 Å². The molecule has 0 saturated heterocycles. The van der Waals surface area contributed by atoms with Gasteiger partial charge < -0.3 is 14.8 Å². The molecule has 0 aliphatic carbocycles. The Kier molecular flexibility index (Phi) is 6.91. The number of anilines is 1. The van der Waals surface area contributed by atoms with Gasteiger partial charge in [-0.05, 0) is 38.0 Å². The molecule has 138 valence electrons. The number of thiophene rings is 1. The highest BCUT2D eigenvalue weighted by molar-refractivity contribution is 7.17. The van der Waals surface area contributed by atoms with Crippen molar-refractivity contribution in [3.63, 3.8) is 0 Å². The summed E-state index contributed by atoms with van der Waals surface area (Å²) < 4.78 is 10.5. The van der Waals surface area contributed by atoms with Gasteiger partial charge in [0.15, 0.2) is 12.9 Å². The zero-order valence-corrected chi connectivity index (χ0v) is 15.8. The van der Waals surface area contributed by atoms with Crippen LogP contribution in [0.15, 0.2) is 24.3 Å². The van der Waals surface area contributed by atoms with Crippen molar-refractivity contribution in [3.05, 3.63) is 45.8 Å². The zero-order chi connectivity index (χ0) is 19.1. The minimum Gasteiger partial charge on any atom is -0.483 e. The van der Waals surface area contributed by atoms with Crippen LogP contribution in [0.5, 0.6) is 5.75 Å². The predicted octanol–water partition coefficient (Wildman–Crippen LogP) is 3.63. The van der Waals surface area contributed by atoms with E-state index in [2.05, 4.69) is 5.32 Å². The van der Waals surface area contributed by atoms with Gasteiger partial charge in [-0.1, -0.05) is 19.1 Å². The van der Waals surface area contributed by atoms with E-state index in [-0.39, 0.29) is 13.2 Å². The van der Waals surface area contributed by atoms with Gasteiger partial charge in [-0.25, -0.2) is 4.79 Å². The number of carbonyl (C=O) groups excluding carboxylic acids is 3. The average Bonchev–Trinajstić information content (AvgIpc) is 2.95. The van der Waals surface area contributed by atoms with Crippen LogP contribution in [-0.4, -0.2) is 31.4 Å². The third-order valence-corrected chi connectivity index (χ3v) is 5.06. The fourth-order valence-electron chi connectivity index (χ4n) is 2.45. The van der Waals surface area contributed by atoms with E-state index in [1.165, 1.54) is 11.3 Å². The highest BCUT2D eigenvalue weighted by Crippen LogP contribution is 2.34. The normalized spacial score (nSPS) is 10.3. The molecule has 7 heteroatoms. The highest BCUT2D eigenvalue weighted by Gasteiger charge is 2.23. The first kappa shape index (κ1) is 19.7. The highest BCUT2D eigenvalue weighted by atomic mass is 32.1. The van der Waals surface area contributed by atoms with Gasteiger partial charge in [0.25, 0.3) is 5.91 Å². The molecular weight excluding hydrogens is 354 g/mol. The molecule has 1 aromatic heterocycles. The number of rotatable bonds is 8. The minimum absolute atomic E-state index is 0.258. The Morgan fingerprint density at radius 2 is 1.96 bits per heavy atom. The summed E-state index contributed by atoms with van der Waals surface area (Å²) in [7, 11) is 0. The molecule has 0 radical (unpaired) electrons. The number of esters is 1. The molecule has 0 bridgehead atoms. The maximum absolute atomic E-state index is 12.3. The SMILES string of the molecule is CCOC(=O)c1c(NC(=O)COc2ccccc2C=O)sc(CC)c1C. The standard InChI is InChI=1S/C19H21NO5S/c1-4-15-12(3)17(19(23)24-5-2)18(26-15)20-16(22)11-25-14-9-7-6-8-13(14)10-21/h6-10H,4-5,11H2,1-3H3,(H,20,22). The summed E-state index contributed by atoms with van der Waals surface area (Å²) in [6.45, 7) is 5.55. The van der Waals surface area contributed by atoms with Crippen LogP contribution in [0.3, 0.4) is 0 Å². The lowest BCUT2D eigenvalue weighted by molar-refractivity contribution is -0.118. The Labute approximate surface area is 156 Å². The van der Waals surface area contributed by atoms with Crippen LogP contribution in [0.25, 0.3) is 0 Å². The lowest BCUT2D eigenvalue weighted by Gasteiger charge is -2.09. The number of benzene rings is 1. The Bertz CT molecular complexity index is 812. The third-order valence-electron chi connectivity index (χ3n) is 3.70. The fourth-order valence-corrected chi connectivity index (χ4v) is 3.60. The molecule has 26 heavy (non-hydrogen) atoms. The van der Waals surface area contributed by atoms with Gasteiger partial charge in [-0.15, -0.1) is 11.3 Å². The van der Waals surface area contributed by atoms with E-state index >= 15 is 0 Å². The second-order valence-corrected chi connectivity index (χ2v) is 6.53. The number of hydrogen-bond acceptors (Lipinski definition) is 6. The van der Waals surface area contributed by atoms with Crippen LogP contribution >= 0.6 is 11.3 Å². The Balaban J connectivity index is 2.13. The number of aryl methyl sites for hydroxylation is 1. The van der Waals surface area contributed by atoms with Crippen molar-refractivity contribution in [2.24, 2.45) is 0 Å². The first-order valence-corrected chi connectivity index (χ1v) is 9.09. The summed E-state index contributed by atoms with van der Waals surface area (Å²) in [6, 6.07) is 6.65. The molecule has 0 aliphatic rings. The van der Waals surface area contributed by atoms with E-state index in [4.69, 9.17) is 9.47 Å². The van der Waals surface area contributed by atoms with Crippen molar-refractivity contribution >= 4 is 34.5 Å². The molecule has 0 atom stereocenters. The van der Waals surface area contributed by atoms with Crippen LogP contribution in [0.1, 0.15) is 45.0 Å². The molecule has 0 spiro atoms. The quantitative estimate of drug-likeness (QED) is 0.563. The number of amides is 1. The summed E-state index contributed by atoms with van der Waals surface area (Å²) in [5, 5.41) is 3.17. The number of para-hydroxylation sites is 1. The van der Waals surface area contributed by atoms with Crippen molar-refractivity contribution in [2.75, 3.05) is 18.5 Å². The zero-order valence-electron chi connectivity index (χ0n) is 15.0. The summed E-state index contributed by atoms with van der Waals surface area (Å²) in [5.74, 6) is -0.538. The molecular formula is C19H21NO5S. The second-order valence-electron chi connectivity index (χ2n) is 5.42. The largest absolute Gasteiger partial charge is 0.483 e. The average molecular weight is 375 g/mol. The Hall–Kier alpha value is -2.67. The van der Waals surface area contributed by atoms with Crippen LogP contribution in [0, 0.1) is 6.92 Å². The summed E-state index contributed by atoms with van der Waals surface area (Å²) >= 11 is 1.35. The number of nitrogens with one attached hydrogen (secondary N) is 1. The van der Waals surface area contributed by atoms with E-state index < -0.39 is 11.9 Å². The van der Waals surface area contributed by atoms with Crippen LogP contribution < -0.4 is 10.1 Å². The molecule has 6 nitrogen and oxygen atoms in total. The van der Waals surface area contributed by atoms with Crippen LogP contribution in [0.2, 0.25) is 0 Å². The Morgan fingerprint density at radius 1 is 1.23 bits per heavy atom. The second kappa shape index (κ2) is 9.15. The van der Waals surface area contributed by atoms with Crippen molar-refractivity contribution < 1.29 is 23.9 Å². The van der Waals surface area contributed by atoms with Crippen molar-refractivity contribution in [3.8, 4) is 5.75 Å². The van der Waals surface area contributed by atoms with Gasteiger partial charge in [0.05, 0.1) is 17.7 Å². The van der Waals surface area contributed by atoms with E-state index in [0.29, 0.717) is 28.2 Å². The maximum atomic E-state index is 12.3. The minimum atomic E-state index is -0.455. The molecule has 0 saturated carbocycles. The third kappa shape index (κ3) is 4.49. The molecule has 1 heterocycles. The van der Waals surface area contributed by atoms with E-state index in [1.54, 1.807) is 31.2 Å². The van der Waals surface area contributed by atoms with Gasteiger partial charge in [0.1, 0.15) is 10.8 Å². The van der Waals surface area contributed by atoms with Gasteiger partial charge in [-0.3, -0.25) is 9.59 Å². The van der Waals surface area contributed by atoms with Gasteiger partial charge >= 0.3 is 5.97 Å². The monoisotopic (exact) mass is 375 g/mol. The van der Waals surface area contributed by atoms with Crippen LogP contribution in [-0.2, 0) is 16.0 Å². The first-order valence-electron chi connectivity index (χ1n) is 8.28. The molecule has 0 unspecified atom stereocenters. The van der Waals surface area contributed by atoms with Crippen molar-refractivity contribution in [1.82, 2.24) is 0 Å². The number of ether oxygens (including phenoxy) is 2. The maximum Gasteiger partial charge on any atom is 0.341 e. The molecule has 2 aromatic rings. The lowest BCUT2D eigenvalue weighted by atomic mass is 10.1. The molecule has 0 fully saturated rings. The lowest BCUT2D eigenvalue weighted by Crippen LogP contribution is -2.21. The number of aldehydes is 1. The smallest absolute Gasteiger partial charge is 0.341 e. The van der Waals surface area contributed by atoms with Gasteiger partial charge in [0, 0.05) is 4.88 Å². The van der Waals surface area contributed by atoms with Crippen LogP contribution in [0.4, 0.5) is 5.00 Å². The van der Waals surface area contributed by atoms with E-state index in [1.807, 2.05) is 13.8 Å². The van der Waals surface area contributed by atoms with E-state index in [0.717, 1.165) is 16.9 Å². The Morgan fingerprint density at radius 3 is 2.62 bits per heavy atom. The van der Waals surface area contributed by atoms with Gasteiger partial charge in [-0.2, -0.15) is 0 Å². The summed E-state index contributed by atoms with van der Waals surface area (Å²) in [5.41, 5.74) is 1.57. The molecule has 2 rings (SSSR count). The summed E-state index contributed by atoms with van der Waals surface area (Å²) in [6.07, 6.45) is 1.42. The molecule has 1 N–H and O–H groups in total. The van der Waals surface area contributed by atoms with Crippen molar-refractivity contribution in [1.29, 1.82) is 0 Å². The predicted molar refractivity (Wildman–Crippen MR) is 100 cm³/mol. The summed E-state index contributed by atoms with van der Waals surface area (Å²) in [4.78, 5) is 36.5. The van der Waals surface area contributed by atoms with E-state index in [9.17, 15) is 14.4 Å². The van der Waals surface area contributed by atoms with Gasteiger partial charge in [0.2, 0.25) is 0 Å². The fraction of sp³-hybridized carbons (Fsp3) is 0.316. The molecule has 1 aromatic carbocycles. The topological polar surface area (TPSA) is 81.7 Å².